The third kappa shape index (κ3) is 6.24. The Hall–Kier alpha value is -1.26. The Labute approximate surface area is 138 Å². The van der Waals surface area contributed by atoms with E-state index in [1.165, 1.54) is 0 Å². The van der Waals surface area contributed by atoms with Crippen LogP contribution in [0.2, 0.25) is 5.02 Å². The quantitative estimate of drug-likeness (QED) is 0.741. The van der Waals surface area contributed by atoms with Crippen LogP contribution in [-0.4, -0.2) is 31.3 Å². The molecule has 0 spiro atoms. The zero-order valence-electron chi connectivity index (χ0n) is 14.0. The largest absolute Gasteiger partial charge is 0.481 e. The SMILES string of the molecule is Cc1cc(O[C@@H](C)C(=O)NCCCOC(C)C)cc(C)c1Cl. The molecule has 1 amide bonds. The Kier molecular flexibility index (Phi) is 7.69. The molecule has 1 N–H and O–H groups in total. The molecule has 1 rings (SSSR count). The van der Waals surface area contributed by atoms with Crippen LogP contribution in [0.15, 0.2) is 12.1 Å². The number of rotatable bonds is 8. The molecule has 0 aliphatic carbocycles. The van der Waals surface area contributed by atoms with Gasteiger partial charge in [-0.3, -0.25) is 4.79 Å². The maximum atomic E-state index is 12.0. The number of benzene rings is 1. The smallest absolute Gasteiger partial charge is 0.260 e. The molecule has 1 aromatic rings. The van der Waals surface area contributed by atoms with Crippen molar-refractivity contribution in [3.63, 3.8) is 0 Å². The number of aryl methyl sites for hydroxylation is 2. The first-order chi connectivity index (χ1) is 10.3. The van der Waals surface area contributed by atoms with Gasteiger partial charge < -0.3 is 14.8 Å². The summed E-state index contributed by atoms with van der Waals surface area (Å²) in [5, 5.41) is 3.58. The third-order valence-corrected chi connectivity index (χ3v) is 3.76. The number of halogens is 1. The van der Waals surface area contributed by atoms with Gasteiger partial charge in [-0.1, -0.05) is 11.6 Å². The summed E-state index contributed by atoms with van der Waals surface area (Å²) in [4.78, 5) is 12.0. The van der Waals surface area contributed by atoms with E-state index in [1.54, 1.807) is 6.92 Å². The number of amides is 1. The molecule has 0 saturated heterocycles. The lowest BCUT2D eigenvalue weighted by Crippen LogP contribution is -2.37. The van der Waals surface area contributed by atoms with E-state index in [-0.39, 0.29) is 12.0 Å². The van der Waals surface area contributed by atoms with Gasteiger partial charge in [-0.05, 0) is 64.3 Å². The van der Waals surface area contributed by atoms with Gasteiger partial charge in [0.15, 0.2) is 6.10 Å². The predicted molar refractivity (Wildman–Crippen MR) is 89.7 cm³/mol. The van der Waals surface area contributed by atoms with Gasteiger partial charge in [0.05, 0.1) is 6.10 Å². The fourth-order valence-corrected chi connectivity index (χ4v) is 2.09. The summed E-state index contributed by atoms with van der Waals surface area (Å²) in [6.45, 7) is 10.8. The summed E-state index contributed by atoms with van der Waals surface area (Å²) in [5.74, 6) is 0.528. The molecule has 1 atom stereocenters. The van der Waals surface area contributed by atoms with Crippen molar-refractivity contribution in [1.29, 1.82) is 0 Å². The van der Waals surface area contributed by atoms with E-state index in [4.69, 9.17) is 21.1 Å². The molecule has 0 bridgehead atoms. The van der Waals surface area contributed by atoms with Crippen LogP contribution in [0.5, 0.6) is 5.75 Å². The second kappa shape index (κ2) is 9.01. The number of hydrogen-bond donors (Lipinski definition) is 1. The van der Waals surface area contributed by atoms with Crippen molar-refractivity contribution in [3.05, 3.63) is 28.3 Å². The normalized spacial score (nSPS) is 12.3. The number of nitrogens with one attached hydrogen (secondary N) is 1. The molecule has 22 heavy (non-hydrogen) atoms. The lowest BCUT2D eigenvalue weighted by molar-refractivity contribution is -0.127. The Bertz CT molecular complexity index is 480. The molecule has 0 unspecified atom stereocenters. The van der Waals surface area contributed by atoms with Crippen molar-refractivity contribution in [1.82, 2.24) is 5.32 Å². The molecular formula is C17H26ClNO3. The van der Waals surface area contributed by atoms with Crippen LogP contribution in [0.1, 0.15) is 38.3 Å². The van der Waals surface area contributed by atoms with Crippen LogP contribution in [-0.2, 0) is 9.53 Å². The van der Waals surface area contributed by atoms with Gasteiger partial charge in [-0.25, -0.2) is 0 Å². The lowest BCUT2D eigenvalue weighted by atomic mass is 10.1. The molecule has 5 heteroatoms. The zero-order chi connectivity index (χ0) is 16.7. The predicted octanol–water partition coefficient (Wildman–Crippen LogP) is 3.66. The van der Waals surface area contributed by atoms with Crippen LogP contribution in [0.3, 0.4) is 0 Å². The van der Waals surface area contributed by atoms with Gasteiger partial charge in [-0.2, -0.15) is 0 Å². The first kappa shape index (κ1) is 18.8. The van der Waals surface area contributed by atoms with Crippen molar-refractivity contribution in [3.8, 4) is 5.75 Å². The average Bonchev–Trinajstić information content (AvgIpc) is 2.43. The Morgan fingerprint density at radius 2 is 1.82 bits per heavy atom. The summed E-state index contributed by atoms with van der Waals surface area (Å²) >= 11 is 6.12. The van der Waals surface area contributed by atoms with Crippen molar-refractivity contribution < 1.29 is 14.3 Å². The van der Waals surface area contributed by atoms with Gasteiger partial charge in [0.2, 0.25) is 0 Å². The first-order valence-electron chi connectivity index (χ1n) is 7.64. The second-order valence-corrected chi connectivity index (χ2v) is 6.07. The molecule has 0 heterocycles. The van der Waals surface area contributed by atoms with E-state index in [2.05, 4.69) is 5.32 Å². The van der Waals surface area contributed by atoms with E-state index < -0.39 is 6.10 Å². The van der Waals surface area contributed by atoms with Gasteiger partial charge >= 0.3 is 0 Å². The topological polar surface area (TPSA) is 47.6 Å². The van der Waals surface area contributed by atoms with E-state index >= 15 is 0 Å². The highest BCUT2D eigenvalue weighted by atomic mass is 35.5. The van der Waals surface area contributed by atoms with E-state index in [9.17, 15) is 4.79 Å². The molecule has 0 aliphatic rings. The molecule has 0 fully saturated rings. The molecule has 0 aliphatic heterocycles. The minimum Gasteiger partial charge on any atom is -0.481 e. The van der Waals surface area contributed by atoms with Crippen molar-refractivity contribution in [2.45, 2.75) is 53.2 Å². The fraction of sp³-hybridized carbons (Fsp3) is 0.588. The van der Waals surface area contributed by atoms with Gasteiger partial charge in [-0.15, -0.1) is 0 Å². The summed E-state index contributed by atoms with van der Waals surface area (Å²) < 4.78 is 11.1. The number of ether oxygens (including phenoxy) is 2. The van der Waals surface area contributed by atoms with Crippen LogP contribution in [0.4, 0.5) is 0 Å². The third-order valence-electron chi connectivity index (χ3n) is 3.16. The standard InChI is InChI=1S/C17H26ClNO3/c1-11(2)21-8-6-7-19-17(20)14(5)22-15-9-12(3)16(18)13(4)10-15/h9-11,14H,6-8H2,1-5H3,(H,19,20)/t14-/m0/s1. The van der Waals surface area contributed by atoms with Crippen molar-refractivity contribution >= 4 is 17.5 Å². The maximum Gasteiger partial charge on any atom is 0.260 e. The molecule has 4 nitrogen and oxygen atoms in total. The first-order valence-corrected chi connectivity index (χ1v) is 8.01. The summed E-state index contributed by atoms with van der Waals surface area (Å²) in [5.41, 5.74) is 1.88. The highest BCUT2D eigenvalue weighted by Gasteiger charge is 2.15. The summed E-state index contributed by atoms with van der Waals surface area (Å²) in [6.07, 6.45) is 0.454. The van der Waals surface area contributed by atoms with Crippen LogP contribution in [0.25, 0.3) is 0 Å². The minimum atomic E-state index is -0.550. The van der Waals surface area contributed by atoms with Crippen LogP contribution in [0, 0.1) is 13.8 Å². The molecule has 1 aromatic carbocycles. The minimum absolute atomic E-state index is 0.130. The van der Waals surface area contributed by atoms with Gasteiger partial charge in [0, 0.05) is 18.2 Å². The Balaban J connectivity index is 2.41. The van der Waals surface area contributed by atoms with E-state index in [0.29, 0.717) is 18.9 Å². The van der Waals surface area contributed by atoms with Crippen LogP contribution < -0.4 is 10.1 Å². The van der Waals surface area contributed by atoms with Crippen molar-refractivity contribution in [2.24, 2.45) is 0 Å². The summed E-state index contributed by atoms with van der Waals surface area (Å²) in [7, 11) is 0. The van der Waals surface area contributed by atoms with E-state index in [1.807, 2.05) is 39.8 Å². The zero-order valence-corrected chi connectivity index (χ0v) is 14.8. The van der Waals surface area contributed by atoms with Gasteiger partial charge in [0.25, 0.3) is 5.91 Å². The number of carbonyl (C=O) groups is 1. The molecule has 0 radical (unpaired) electrons. The lowest BCUT2D eigenvalue weighted by Gasteiger charge is -2.16. The second-order valence-electron chi connectivity index (χ2n) is 5.70. The molecule has 0 aromatic heterocycles. The Morgan fingerprint density at radius 3 is 2.36 bits per heavy atom. The monoisotopic (exact) mass is 327 g/mol. The fourth-order valence-electron chi connectivity index (χ4n) is 1.98. The molecular weight excluding hydrogens is 302 g/mol. The average molecular weight is 328 g/mol. The van der Waals surface area contributed by atoms with Crippen molar-refractivity contribution in [2.75, 3.05) is 13.2 Å². The van der Waals surface area contributed by atoms with Crippen LogP contribution >= 0.6 is 11.6 Å². The van der Waals surface area contributed by atoms with Gasteiger partial charge in [0.1, 0.15) is 5.75 Å². The van der Waals surface area contributed by atoms with E-state index in [0.717, 1.165) is 22.6 Å². The molecule has 124 valence electrons. The summed E-state index contributed by atoms with van der Waals surface area (Å²) in [6, 6.07) is 3.69. The Morgan fingerprint density at radius 1 is 1.23 bits per heavy atom. The highest BCUT2D eigenvalue weighted by molar-refractivity contribution is 6.32. The number of hydrogen-bond acceptors (Lipinski definition) is 3. The molecule has 0 saturated carbocycles. The maximum absolute atomic E-state index is 12.0. The highest BCUT2D eigenvalue weighted by Crippen LogP contribution is 2.26. The number of carbonyl (C=O) groups excluding carboxylic acids is 1.